The zero-order chi connectivity index (χ0) is 9.31. The van der Waals surface area contributed by atoms with E-state index in [4.69, 9.17) is 9.47 Å². The summed E-state index contributed by atoms with van der Waals surface area (Å²) in [5, 5.41) is 0. The number of ether oxygens (including phenoxy) is 2. The second-order valence-corrected chi connectivity index (χ2v) is 3.62. The Morgan fingerprint density at radius 1 is 0.923 bits per heavy atom. The van der Waals surface area contributed by atoms with Gasteiger partial charge in [-0.15, -0.1) is 0 Å². The minimum absolute atomic E-state index is 0.209. The average molecular weight is 184 g/mol. The Kier molecular flexibility index (Phi) is 1.98. The molecule has 0 amide bonds. The molecule has 1 spiro atoms. The maximum Gasteiger partial charge on any atom is 0.326 e. The first-order chi connectivity index (χ1) is 6.26. The number of hydrogen-bond donors (Lipinski definition) is 0. The van der Waals surface area contributed by atoms with Crippen molar-refractivity contribution in [2.75, 3.05) is 6.79 Å². The van der Waals surface area contributed by atoms with Gasteiger partial charge >= 0.3 is 11.9 Å². The average Bonchev–Trinajstić information content (AvgIpc) is 2.16. The predicted octanol–water partition coefficient (Wildman–Crippen LogP) is 0.994. The van der Waals surface area contributed by atoms with Crippen LogP contribution in [0.25, 0.3) is 0 Å². The minimum atomic E-state index is -0.948. The highest BCUT2D eigenvalue weighted by atomic mass is 16.7. The highest BCUT2D eigenvalue weighted by Gasteiger charge is 2.51. The van der Waals surface area contributed by atoms with E-state index in [1.807, 2.05) is 0 Å². The first kappa shape index (κ1) is 8.53. The van der Waals surface area contributed by atoms with Crippen molar-refractivity contribution < 1.29 is 19.1 Å². The summed E-state index contributed by atoms with van der Waals surface area (Å²) >= 11 is 0. The van der Waals surface area contributed by atoms with Crippen molar-refractivity contribution in [3.05, 3.63) is 0 Å². The normalized spacial score (nSPS) is 26.8. The first-order valence-electron chi connectivity index (χ1n) is 4.60. The molecule has 0 aromatic heterocycles. The van der Waals surface area contributed by atoms with Gasteiger partial charge in [0.1, 0.15) is 0 Å². The van der Waals surface area contributed by atoms with Crippen molar-refractivity contribution in [1.82, 2.24) is 0 Å². The molecule has 1 saturated heterocycles. The zero-order valence-electron chi connectivity index (χ0n) is 7.38. The third-order valence-electron chi connectivity index (χ3n) is 2.87. The molecule has 1 saturated carbocycles. The summed E-state index contributed by atoms with van der Waals surface area (Å²) in [4.78, 5) is 22.9. The molecule has 0 radical (unpaired) electrons. The molecule has 1 heterocycles. The van der Waals surface area contributed by atoms with Gasteiger partial charge in [0.15, 0.2) is 5.41 Å². The van der Waals surface area contributed by atoms with Crippen molar-refractivity contribution >= 4 is 11.9 Å². The fourth-order valence-corrected chi connectivity index (χ4v) is 2.06. The lowest BCUT2D eigenvalue weighted by atomic mass is 9.74. The maximum atomic E-state index is 11.5. The van der Waals surface area contributed by atoms with Gasteiger partial charge in [0.05, 0.1) is 0 Å². The predicted molar refractivity (Wildman–Crippen MR) is 42.6 cm³/mol. The minimum Gasteiger partial charge on any atom is -0.427 e. The van der Waals surface area contributed by atoms with Crippen LogP contribution < -0.4 is 0 Å². The topological polar surface area (TPSA) is 52.6 Å². The molecule has 4 heteroatoms. The molecule has 1 aliphatic heterocycles. The summed E-state index contributed by atoms with van der Waals surface area (Å²) in [6.07, 6.45) is 4.08. The lowest BCUT2D eigenvalue weighted by Gasteiger charge is -2.35. The van der Waals surface area contributed by atoms with Crippen LogP contribution in [0.2, 0.25) is 0 Å². The van der Waals surface area contributed by atoms with Gasteiger partial charge < -0.3 is 9.47 Å². The third-order valence-corrected chi connectivity index (χ3v) is 2.87. The van der Waals surface area contributed by atoms with Crippen LogP contribution in [0.1, 0.15) is 32.1 Å². The number of cyclic esters (lactones) is 2. The molecule has 2 rings (SSSR count). The molecule has 72 valence electrons. The molecule has 0 atom stereocenters. The summed E-state index contributed by atoms with van der Waals surface area (Å²) in [6, 6.07) is 0. The number of rotatable bonds is 0. The van der Waals surface area contributed by atoms with E-state index in [1.54, 1.807) is 0 Å². The number of carbonyl (C=O) groups is 2. The van der Waals surface area contributed by atoms with Crippen molar-refractivity contribution in [3.8, 4) is 0 Å². The van der Waals surface area contributed by atoms with Crippen LogP contribution in [-0.4, -0.2) is 18.7 Å². The molecule has 0 unspecified atom stereocenters. The van der Waals surface area contributed by atoms with Crippen LogP contribution in [0.15, 0.2) is 0 Å². The van der Waals surface area contributed by atoms with Crippen LogP contribution in [0.4, 0.5) is 0 Å². The molecule has 1 aliphatic carbocycles. The fourth-order valence-electron chi connectivity index (χ4n) is 2.06. The van der Waals surface area contributed by atoms with E-state index >= 15 is 0 Å². The Labute approximate surface area is 76.2 Å². The number of esters is 2. The van der Waals surface area contributed by atoms with E-state index < -0.39 is 5.41 Å². The molecule has 0 aromatic carbocycles. The van der Waals surface area contributed by atoms with Gasteiger partial charge in [0.25, 0.3) is 0 Å². The Morgan fingerprint density at radius 3 is 2.00 bits per heavy atom. The molecular weight excluding hydrogens is 172 g/mol. The Bertz CT molecular complexity index is 222. The summed E-state index contributed by atoms with van der Waals surface area (Å²) in [5.74, 6) is -0.771. The quantitative estimate of drug-likeness (QED) is 0.416. The van der Waals surface area contributed by atoms with Crippen LogP contribution in [0.5, 0.6) is 0 Å². The van der Waals surface area contributed by atoms with Crippen LogP contribution in [0.3, 0.4) is 0 Å². The van der Waals surface area contributed by atoms with E-state index in [2.05, 4.69) is 0 Å². The molecule has 0 aromatic rings. The largest absolute Gasteiger partial charge is 0.427 e. The van der Waals surface area contributed by atoms with Crippen molar-refractivity contribution in [2.45, 2.75) is 32.1 Å². The standard InChI is InChI=1S/C9H12O4/c10-7-9(4-2-1-3-5-9)8(11)13-6-12-7/h1-6H2. The van der Waals surface area contributed by atoms with E-state index in [9.17, 15) is 9.59 Å². The third kappa shape index (κ3) is 1.20. The van der Waals surface area contributed by atoms with Gasteiger partial charge in [-0.3, -0.25) is 9.59 Å². The summed E-state index contributed by atoms with van der Waals surface area (Å²) in [7, 11) is 0. The second-order valence-electron chi connectivity index (χ2n) is 3.62. The SMILES string of the molecule is O=C1OCOC(=O)C12CCCCC2. The van der Waals surface area contributed by atoms with E-state index in [0.29, 0.717) is 12.8 Å². The zero-order valence-corrected chi connectivity index (χ0v) is 7.38. The van der Waals surface area contributed by atoms with Crippen molar-refractivity contribution in [1.29, 1.82) is 0 Å². The van der Waals surface area contributed by atoms with Gasteiger partial charge in [-0.25, -0.2) is 0 Å². The Balaban J connectivity index is 2.23. The molecule has 0 bridgehead atoms. The highest BCUT2D eigenvalue weighted by molar-refractivity contribution is 6.01. The van der Waals surface area contributed by atoms with E-state index in [-0.39, 0.29) is 18.7 Å². The van der Waals surface area contributed by atoms with Crippen LogP contribution in [-0.2, 0) is 19.1 Å². The lowest BCUT2D eigenvalue weighted by Crippen LogP contribution is -2.47. The van der Waals surface area contributed by atoms with Crippen molar-refractivity contribution in [3.63, 3.8) is 0 Å². The van der Waals surface area contributed by atoms with Crippen molar-refractivity contribution in [2.24, 2.45) is 5.41 Å². The molecular formula is C9H12O4. The molecule has 0 N–H and O–H groups in total. The molecule has 2 aliphatic rings. The Morgan fingerprint density at radius 2 is 1.46 bits per heavy atom. The van der Waals surface area contributed by atoms with Crippen LogP contribution >= 0.6 is 0 Å². The molecule has 13 heavy (non-hydrogen) atoms. The Hall–Kier alpha value is -1.06. The van der Waals surface area contributed by atoms with Crippen LogP contribution in [0, 0.1) is 5.41 Å². The van der Waals surface area contributed by atoms with Gasteiger partial charge in [-0.05, 0) is 12.8 Å². The monoisotopic (exact) mass is 184 g/mol. The maximum absolute atomic E-state index is 11.5. The van der Waals surface area contributed by atoms with E-state index in [1.165, 1.54) is 0 Å². The van der Waals surface area contributed by atoms with Gasteiger partial charge in [-0.2, -0.15) is 0 Å². The second kappa shape index (κ2) is 3.01. The van der Waals surface area contributed by atoms with Gasteiger partial charge in [0, 0.05) is 0 Å². The fraction of sp³-hybridized carbons (Fsp3) is 0.778. The smallest absolute Gasteiger partial charge is 0.326 e. The highest BCUT2D eigenvalue weighted by Crippen LogP contribution is 2.40. The molecule has 4 nitrogen and oxygen atoms in total. The number of carbonyl (C=O) groups excluding carboxylic acids is 2. The summed E-state index contributed by atoms with van der Waals surface area (Å²) in [6.45, 7) is -0.209. The van der Waals surface area contributed by atoms with E-state index in [0.717, 1.165) is 19.3 Å². The van der Waals surface area contributed by atoms with Gasteiger partial charge in [-0.1, -0.05) is 19.3 Å². The van der Waals surface area contributed by atoms with Gasteiger partial charge in [0.2, 0.25) is 6.79 Å². The number of hydrogen-bond acceptors (Lipinski definition) is 4. The summed E-state index contributed by atoms with van der Waals surface area (Å²) < 4.78 is 9.52. The first-order valence-corrected chi connectivity index (χ1v) is 4.60. The lowest BCUT2D eigenvalue weighted by molar-refractivity contribution is -0.204. The summed E-state index contributed by atoms with van der Waals surface area (Å²) in [5.41, 5.74) is -0.948. The molecule has 2 fully saturated rings.